The molecule has 0 atom stereocenters. The van der Waals surface area contributed by atoms with Crippen molar-refractivity contribution in [3.63, 3.8) is 0 Å². The van der Waals surface area contributed by atoms with Crippen LogP contribution in [0, 0.1) is 0 Å². The number of nitrogens with zero attached hydrogens (tertiary/aromatic N) is 1. The number of benzene rings is 1. The summed E-state index contributed by atoms with van der Waals surface area (Å²) in [5.74, 6) is 1.45. The van der Waals surface area contributed by atoms with E-state index in [9.17, 15) is 4.79 Å². The van der Waals surface area contributed by atoms with Crippen molar-refractivity contribution in [1.82, 2.24) is 10.3 Å². The van der Waals surface area contributed by atoms with Crippen LogP contribution in [0.4, 0.5) is 5.13 Å². The molecule has 0 spiro atoms. The number of aromatic nitrogens is 1. The number of methoxy groups -OCH3 is 2. The van der Waals surface area contributed by atoms with Crippen LogP contribution in [0.1, 0.15) is 17.4 Å². The van der Waals surface area contributed by atoms with E-state index in [0.717, 1.165) is 45.0 Å². The van der Waals surface area contributed by atoms with Gasteiger partial charge in [0.1, 0.15) is 0 Å². The van der Waals surface area contributed by atoms with E-state index in [-0.39, 0.29) is 5.91 Å². The molecular formula is C20H23N3O3S2. The summed E-state index contributed by atoms with van der Waals surface area (Å²) in [4.78, 5) is 17.9. The molecule has 28 heavy (non-hydrogen) atoms. The first-order chi connectivity index (χ1) is 13.6. The average Bonchev–Trinajstić information content (AvgIpc) is 3.35. The number of rotatable bonds is 9. The van der Waals surface area contributed by atoms with Gasteiger partial charge < -0.3 is 20.1 Å². The lowest BCUT2D eigenvalue weighted by Gasteiger charge is -2.09. The molecule has 0 aliphatic rings. The molecule has 0 radical (unpaired) electrons. The van der Waals surface area contributed by atoms with Crippen LogP contribution in [0.3, 0.4) is 0 Å². The summed E-state index contributed by atoms with van der Waals surface area (Å²) < 4.78 is 10.6. The van der Waals surface area contributed by atoms with Gasteiger partial charge in [0.15, 0.2) is 16.6 Å². The van der Waals surface area contributed by atoms with Crippen molar-refractivity contribution >= 4 is 33.7 Å². The van der Waals surface area contributed by atoms with Crippen molar-refractivity contribution in [1.29, 1.82) is 0 Å². The first-order valence-electron chi connectivity index (χ1n) is 8.83. The van der Waals surface area contributed by atoms with Crippen molar-refractivity contribution in [2.45, 2.75) is 19.9 Å². The van der Waals surface area contributed by atoms with Crippen molar-refractivity contribution < 1.29 is 14.3 Å². The third-order valence-corrected chi connectivity index (χ3v) is 5.98. The highest BCUT2D eigenvalue weighted by atomic mass is 32.1. The Morgan fingerprint density at radius 3 is 2.71 bits per heavy atom. The molecule has 1 aromatic carbocycles. The van der Waals surface area contributed by atoms with Crippen molar-refractivity contribution in [3.8, 4) is 22.1 Å². The molecule has 0 saturated carbocycles. The molecular weight excluding hydrogens is 394 g/mol. The number of amides is 1. The zero-order valence-electron chi connectivity index (χ0n) is 16.1. The van der Waals surface area contributed by atoms with Gasteiger partial charge in [0.2, 0.25) is 5.91 Å². The molecule has 0 saturated heterocycles. The van der Waals surface area contributed by atoms with Gasteiger partial charge in [0, 0.05) is 23.7 Å². The number of nitrogens with one attached hydrogen (secondary N) is 2. The van der Waals surface area contributed by atoms with E-state index in [2.05, 4.69) is 15.6 Å². The van der Waals surface area contributed by atoms with Crippen LogP contribution in [0.5, 0.6) is 11.5 Å². The number of thiophene rings is 1. The van der Waals surface area contributed by atoms with Gasteiger partial charge >= 0.3 is 0 Å². The van der Waals surface area contributed by atoms with Gasteiger partial charge in [-0.3, -0.25) is 4.79 Å². The largest absolute Gasteiger partial charge is 0.493 e. The second kappa shape index (κ2) is 9.57. The summed E-state index contributed by atoms with van der Waals surface area (Å²) in [7, 11) is 3.28. The first-order valence-corrected chi connectivity index (χ1v) is 10.5. The van der Waals surface area contributed by atoms with E-state index in [1.807, 2.05) is 35.7 Å². The van der Waals surface area contributed by atoms with Gasteiger partial charge in [-0.1, -0.05) is 6.07 Å². The number of hydrogen-bond acceptors (Lipinski definition) is 7. The lowest BCUT2D eigenvalue weighted by molar-refractivity contribution is -0.119. The maximum absolute atomic E-state index is 11.0. The number of thiazole rings is 1. The monoisotopic (exact) mass is 417 g/mol. The fraction of sp³-hybridized carbons (Fsp3) is 0.300. The topological polar surface area (TPSA) is 72.5 Å². The van der Waals surface area contributed by atoms with Crippen LogP contribution in [0.15, 0.2) is 35.7 Å². The summed E-state index contributed by atoms with van der Waals surface area (Å²) in [6, 6.07) is 10.0. The summed E-state index contributed by atoms with van der Waals surface area (Å²) in [6.45, 7) is 2.86. The molecule has 6 nitrogen and oxygen atoms in total. The highest BCUT2D eigenvalue weighted by molar-refractivity contribution is 7.17. The van der Waals surface area contributed by atoms with Crippen LogP contribution >= 0.6 is 22.7 Å². The Morgan fingerprint density at radius 1 is 1.14 bits per heavy atom. The molecule has 2 N–H and O–H groups in total. The zero-order valence-corrected chi connectivity index (χ0v) is 17.7. The number of carbonyl (C=O) groups is 1. The standard InChI is InChI=1S/C20H23N3O3S2/c1-13(24)22-11-15-5-7-19(28-15)16-12-27-20(23-16)21-9-8-14-4-6-17(25-2)18(10-14)26-3/h4-7,10,12H,8-9,11H2,1-3H3,(H,21,23)(H,22,24). The Bertz CT molecular complexity index is 936. The summed E-state index contributed by atoms with van der Waals surface area (Å²) in [6.07, 6.45) is 0.856. The molecule has 2 heterocycles. The molecule has 8 heteroatoms. The van der Waals surface area contributed by atoms with Crippen LogP contribution in [0.2, 0.25) is 0 Å². The molecule has 0 bridgehead atoms. The number of anilines is 1. The minimum absolute atomic E-state index is 0.0235. The van der Waals surface area contributed by atoms with Crippen molar-refractivity contribution in [2.24, 2.45) is 0 Å². The Balaban J connectivity index is 1.54. The first kappa shape index (κ1) is 20.2. The molecule has 3 aromatic rings. The second-order valence-corrected chi connectivity index (χ2v) is 8.11. The van der Waals surface area contributed by atoms with E-state index in [1.54, 1.807) is 36.9 Å². The summed E-state index contributed by atoms with van der Waals surface area (Å²) in [5.41, 5.74) is 2.13. The van der Waals surface area contributed by atoms with E-state index in [0.29, 0.717) is 6.54 Å². The van der Waals surface area contributed by atoms with Gasteiger partial charge in [0.25, 0.3) is 0 Å². The lowest BCUT2D eigenvalue weighted by Crippen LogP contribution is -2.17. The predicted molar refractivity (Wildman–Crippen MR) is 115 cm³/mol. The van der Waals surface area contributed by atoms with Crippen LogP contribution in [-0.2, 0) is 17.8 Å². The molecule has 3 rings (SSSR count). The summed E-state index contributed by atoms with van der Waals surface area (Å²) >= 11 is 3.24. The van der Waals surface area contributed by atoms with Crippen LogP contribution in [0.25, 0.3) is 10.6 Å². The van der Waals surface area contributed by atoms with Crippen LogP contribution < -0.4 is 20.1 Å². The fourth-order valence-electron chi connectivity index (χ4n) is 2.64. The van der Waals surface area contributed by atoms with E-state index in [1.165, 1.54) is 12.5 Å². The SMILES string of the molecule is COc1ccc(CCNc2nc(-c3ccc(CNC(C)=O)s3)cs2)cc1OC. The molecule has 0 fully saturated rings. The quantitative estimate of drug-likeness (QED) is 0.546. The molecule has 1 amide bonds. The van der Waals surface area contributed by atoms with Crippen LogP contribution in [-0.4, -0.2) is 31.7 Å². The molecule has 0 aliphatic heterocycles. The number of ether oxygens (including phenoxy) is 2. The summed E-state index contributed by atoms with van der Waals surface area (Å²) in [5, 5.41) is 9.14. The minimum Gasteiger partial charge on any atom is -0.493 e. The Morgan fingerprint density at radius 2 is 1.96 bits per heavy atom. The van der Waals surface area contributed by atoms with Gasteiger partial charge in [0.05, 0.1) is 31.3 Å². The third kappa shape index (κ3) is 5.24. The highest BCUT2D eigenvalue weighted by Gasteiger charge is 2.09. The average molecular weight is 418 g/mol. The lowest BCUT2D eigenvalue weighted by atomic mass is 10.1. The van der Waals surface area contributed by atoms with Crippen molar-refractivity contribution in [2.75, 3.05) is 26.1 Å². The molecule has 0 aliphatic carbocycles. The minimum atomic E-state index is -0.0235. The number of carbonyl (C=O) groups excluding carboxylic acids is 1. The molecule has 2 aromatic heterocycles. The Kier molecular flexibility index (Phi) is 6.89. The van der Waals surface area contributed by atoms with Gasteiger partial charge in [-0.05, 0) is 36.2 Å². The van der Waals surface area contributed by atoms with Crippen molar-refractivity contribution in [3.05, 3.63) is 46.2 Å². The maximum Gasteiger partial charge on any atom is 0.217 e. The van der Waals surface area contributed by atoms with E-state index in [4.69, 9.17) is 9.47 Å². The Labute approximate surface area is 172 Å². The third-order valence-electron chi connectivity index (χ3n) is 4.07. The van der Waals surface area contributed by atoms with Gasteiger partial charge in [-0.15, -0.1) is 22.7 Å². The molecule has 148 valence electrons. The van der Waals surface area contributed by atoms with E-state index >= 15 is 0 Å². The Hall–Kier alpha value is -2.58. The second-order valence-electron chi connectivity index (χ2n) is 6.08. The maximum atomic E-state index is 11.0. The normalized spacial score (nSPS) is 10.5. The number of hydrogen-bond donors (Lipinski definition) is 2. The van der Waals surface area contributed by atoms with E-state index < -0.39 is 0 Å². The highest BCUT2D eigenvalue weighted by Crippen LogP contribution is 2.31. The fourth-order valence-corrected chi connectivity index (χ4v) is 4.36. The van der Waals surface area contributed by atoms with Gasteiger partial charge in [-0.2, -0.15) is 0 Å². The smallest absolute Gasteiger partial charge is 0.217 e. The zero-order chi connectivity index (χ0) is 19.9. The molecule has 0 unspecified atom stereocenters. The van der Waals surface area contributed by atoms with Gasteiger partial charge in [-0.25, -0.2) is 4.98 Å². The predicted octanol–water partition coefficient (Wildman–Crippen LogP) is 4.18.